The fourth-order valence-electron chi connectivity index (χ4n) is 2.71. The Kier molecular flexibility index (Phi) is 4.22. The van der Waals surface area contributed by atoms with Gasteiger partial charge in [-0.25, -0.2) is 15.1 Å². The summed E-state index contributed by atoms with van der Waals surface area (Å²) in [5, 5.41) is 0. The molecule has 0 spiro atoms. The smallest absolute Gasteiger partial charge is 0.356 e. The van der Waals surface area contributed by atoms with Crippen molar-refractivity contribution in [3.8, 4) is 5.75 Å². The van der Waals surface area contributed by atoms with Gasteiger partial charge in [0.1, 0.15) is 17.5 Å². The summed E-state index contributed by atoms with van der Waals surface area (Å²) in [6.45, 7) is 4.04. The van der Waals surface area contributed by atoms with E-state index in [2.05, 4.69) is 10.9 Å². The Morgan fingerprint density at radius 1 is 1.21 bits per heavy atom. The van der Waals surface area contributed by atoms with Crippen LogP contribution < -0.4 is 20.5 Å². The van der Waals surface area contributed by atoms with Gasteiger partial charge in [-0.2, -0.15) is 0 Å². The molecule has 1 fully saturated rings. The number of fused-ring (bicyclic) bond motifs is 1. The maximum atomic E-state index is 12.8. The van der Waals surface area contributed by atoms with Gasteiger partial charge in [-0.05, 0) is 26.0 Å². The van der Waals surface area contributed by atoms with Gasteiger partial charge < -0.3 is 14.9 Å². The van der Waals surface area contributed by atoms with Crippen molar-refractivity contribution in [1.29, 1.82) is 0 Å². The number of hydrogen-bond acceptors (Lipinski definition) is 7. The highest BCUT2D eigenvalue weighted by Gasteiger charge is 2.51. The van der Waals surface area contributed by atoms with Crippen molar-refractivity contribution in [2.24, 2.45) is 0 Å². The fraction of sp³-hybridized carbons (Fsp3) is 0.312. The molecule has 24 heavy (non-hydrogen) atoms. The van der Waals surface area contributed by atoms with Crippen LogP contribution in [0, 0.1) is 0 Å². The predicted molar refractivity (Wildman–Crippen MR) is 83.8 cm³/mol. The summed E-state index contributed by atoms with van der Waals surface area (Å²) in [4.78, 5) is 38.4. The lowest BCUT2D eigenvalue weighted by Crippen LogP contribution is -2.42. The number of hydrazine groups is 1. The van der Waals surface area contributed by atoms with Crippen molar-refractivity contribution < 1.29 is 23.9 Å². The zero-order chi connectivity index (χ0) is 17.3. The Hall–Kier alpha value is -2.87. The average Bonchev–Trinajstić information content (AvgIpc) is 3.10. The second-order valence-corrected chi connectivity index (χ2v) is 5.09. The molecule has 3 rings (SSSR count). The molecule has 1 atom stereocenters. The summed E-state index contributed by atoms with van der Waals surface area (Å²) >= 11 is 0. The monoisotopic (exact) mass is 331 g/mol. The predicted octanol–water partition coefficient (Wildman–Crippen LogP) is 0.252. The number of carbonyl (C=O) groups is 3. The number of hydrogen-bond donors (Lipinski definition) is 2. The lowest BCUT2D eigenvalue weighted by atomic mass is 10.1. The Balaban J connectivity index is 2.02. The quantitative estimate of drug-likeness (QED) is 0.590. The van der Waals surface area contributed by atoms with Crippen LogP contribution in [0.5, 0.6) is 5.75 Å². The molecule has 1 unspecified atom stereocenters. The minimum absolute atomic E-state index is 0.0309. The molecule has 2 amide bonds. The van der Waals surface area contributed by atoms with Gasteiger partial charge in [-0.1, -0.05) is 12.1 Å². The summed E-state index contributed by atoms with van der Waals surface area (Å²) < 4.78 is 10.4. The van der Waals surface area contributed by atoms with Crippen LogP contribution in [0.3, 0.4) is 0 Å². The SMILES string of the molecule is CCOC(=O)C1=C2C(=O)N(c3ccccc3OCC)C(=O)C2NN1. The summed E-state index contributed by atoms with van der Waals surface area (Å²) in [5.74, 6) is -1.30. The maximum absolute atomic E-state index is 12.8. The minimum Gasteiger partial charge on any atom is -0.492 e. The lowest BCUT2D eigenvalue weighted by molar-refractivity contribution is -0.139. The van der Waals surface area contributed by atoms with Gasteiger partial charge >= 0.3 is 5.97 Å². The third kappa shape index (κ3) is 2.41. The van der Waals surface area contributed by atoms with Crippen molar-refractivity contribution >= 4 is 23.5 Å². The standard InChI is InChI=1S/C16H17N3O5/c1-3-23-10-8-6-5-7-9(10)19-14(20)11-12(15(19)21)17-18-13(11)16(22)24-4-2/h5-8,12,17-18H,3-4H2,1-2H3. The number of imide groups is 1. The third-order valence-corrected chi connectivity index (χ3v) is 3.69. The molecule has 0 radical (unpaired) electrons. The van der Waals surface area contributed by atoms with Gasteiger partial charge in [0, 0.05) is 0 Å². The largest absolute Gasteiger partial charge is 0.492 e. The first kappa shape index (κ1) is 16.0. The van der Waals surface area contributed by atoms with Gasteiger partial charge in [0.2, 0.25) is 0 Å². The van der Waals surface area contributed by atoms with Gasteiger partial charge in [-0.3, -0.25) is 9.59 Å². The van der Waals surface area contributed by atoms with E-state index in [9.17, 15) is 14.4 Å². The molecular weight excluding hydrogens is 314 g/mol. The van der Waals surface area contributed by atoms with Crippen LogP contribution >= 0.6 is 0 Å². The molecule has 8 nitrogen and oxygen atoms in total. The molecule has 2 heterocycles. The van der Waals surface area contributed by atoms with E-state index >= 15 is 0 Å². The van der Waals surface area contributed by atoms with Crippen molar-refractivity contribution in [3.05, 3.63) is 35.5 Å². The summed E-state index contributed by atoms with van der Waals surface area (Å²) in [6.07, 6.45) is 0. The van der Waals surface area contributed by atoms with Crippen molar-refractivity contribution in [1.82, 2.24) is 10.9 Å². The Labute approximate surface area is 138 Å². The zero-order valence-electron chi connectivity index (χ0n) is 13.3. The molecule has 0 saturated carbocycles. The van der Waals surface area contributed by atoms with Crippen molar-refractivity contribution in [3.63, 3.8) is 0 Å². The summed E-state index contributed by atoms with van der Waals surface area (Å²) in [6, 6.07) is 5.84. The lowest BCUT2D eigenvalue weighted by Gasteiger charge is -2.19. The van der Waals surface area contributed by atoms with E-state index < -0.39 is 23.8 Å². The number of nitrogens with zero attached hydrogens (tertiary/aromatic N) is 1. The number of benzene rings is 1. The molecule has 2 N–H and O–H groups in total. The average molecular weight is 331 g/mol. The van der Waals surface area contributed by atoms with E-state index in [1.807, 2.05) is 6.92 Å². The van der Waals surface area contributed by atoms with Gasteiger partial charge in [0.25, 0.3) is 11.8 Å². The Bertz CT molecular complexity index is 743. The first-order valence-corrected chi connectivity index (χ1v) is 7.63. The molecule has 1 aromatic rings. The number of amides is 2. The molecule has 2 aliphatic rings. The molecular formula is C16H17N3O5. The summed E-state index contributed by atoms with van der Waals surface area (Å²) in [5.41, 5.74) is 5.61. The number of esters is 1. The zero-order valence-corrected chi connectivity index (χ0v) is 13.3. The van der Waals surface area contributed by atoms with Gasteiger partial charge in [0.15, 0.2) is 0 Å². The number of anilines is 1. The second-order valence-electron chi connectivity index (χ2n) is 5.09. The van der Waals surface area contributed by atoms with E-state index in [-0.39, 0.29) is 17.9 Å². The molecule has 126 valence electrons. The maximum Gasteiger partial charge on any atom is 0.356 e. The first-order chi connectivity index (χ1) is 11.6. The number of rotatable bonds is 5. The Morgan fingerprint density at radius 3 is 2.67 bits per heavy atom. The highest BCUT2D eigenvalue weighted by Crippen LogP contribution is 2.35. The van der Waals surface area contributed by atoms with Gasteiger partial charge in [-0.15, -0.1) is 0 Å². The van der Waals surface area contributed by atoms with E-state index in [1.165, 1.54) is 0 Å². The number of para-hydroxylation sites is 2. The van der Waals surface area contributed by atoms with Crippen LogP contribution in [0.2, 0.25) is 0 Å². The number of carbonyl (C=O) groups excluding carboxylic acids is 3. The highest BCUT2D eigenvalue weighted by molar-refractivity contribution is 6.33. The molecule has 0 aromatic heterocycles. The van der Waals surface area contributed by atoms with E-state index in [0.29, 0.717) is 18.0 Å². The fourth-order valence-corrected chi connectivity index (χ4v) is 2.71. The van der Waals surface area contributed by atoms with Crippen LogP contribution in [0.1, 0.15) is 13.8 Å². The number of ether oxygens (including phenoxy) is 2. The van der Waals surface area contributed by atoms with Crippen LogP contribution in [-0.4, -0.2) is 37.0 Å². The summed E-state index contributed by atoms with van der Waals surface area (Å²) in [7, 11) is 0. The van der Waals surface area contributed by atoms with E-state index in [1.54, 1.807) is 31.2 Å². The normalized spacial score (nSPS) is 19.4. The third-order valence-electron chi connectivity index (χ3n) is 3.69. The van der Waals surface area contributed by atoms with Crippen molar-refractivity contribution in [2.45, 2.75) is 19.9 Å². The molecule has 2 aliphatic heterocycles. The topological polar surface area (TPSA) is 97.0 Å². The first-order valence-electron chi connectivity index (χ1n) is 7.63. The minimum atomic E-state index is -0.924. The van der Waals surface area contributed by atoms with Crippen LogP contribution in [0.4, 0.5) is 5.69 Å². The molecule has 1 saturated heterocycles. The van der Waals surface area contributed by atoms with Gasteiger partial charge in [0.05, 0.1) is 24.5 Å². The molecule has 8 heteroatoms. The highest BCUT2D eigenvalue weighted by atomic mass is 16.5. The second kappa shape index (κ2) is 6.32. The van der Waals surface area contributed by atoms with Crippen LogP contribution in [0.15, 0.2) is 35.5 Å². The van der Waals surface area contributed by atoms with Crippen LogP contribution in [0.25, 0.3) is 0 Å². The van der Waals surface area contributed by atoms with Crippen molar-refractivity contribution in [2.75, 3.05) is 18.1 Å². The molecule has 0 bridgehead atoms. The Morgan fingerprint density at radius 2 is 1.96 bits per heavy atom. The number of nitrogens with one attached hydrogen (secondary N) is 2. The van der Waals surface area contributed by atoms with Crippen LogP contribution in [-0.2, 0) is 19.1 Å². The van der Waals surface area contributed by atoms with E-state index in [4.69, 9.17) is 9.47 Å². The molecule has 0 aliphatic carbocycles. The van der Waals surface area contributed by atoms with E-state index in [0.717, 1.165) is 4.90 Å². The molecule has 1 aromatic carbocycles.